The summed E-state index contributed by atoms with van der Waals surface area (Å²) in [4.78, 5) is 11.7. The van der Waals surface area contributed by atoms with Crippen molar-refractivity contribution in [3.63, 3.8) is 0 Å². The van der Waals surface area contributed by atoms with E-state index >= 15 is 0 Å². The van der Waals surface area contributed by atoms with Gasteiger partial charge in [-0.25, -0.2) is 8.78 Å². The maximum Gasteiger partial charge on any atom is 0.175 e. The Morgan fingerprint density at radius 1 is 1.15 bits per heavy atom. The number of ketones is 1. The monoisotopic (exact) mass is 314 g/mol. The van der Waals surface area contributed by atoms with Crippen LogP contribution in [0.25, 0.3) is 0 Å². The van der Waals surface area contributed by atoms with Crippen LogP contribution in [0.1, 0.15) is 10.4 Å². The zero-order valence-electron chi connectivity index (χ0n) is 10.1. The topological polar surface area (TPSA) is 34.1 Å². The first-order valence-corrected chi connectivity index (χ1v) is 7.29. The standard InChI is InChI=1S/C14H9ClF2O2S/c15-10-3-1-2-9(6-10)13(18)8-20(19)14-5-4-11(16)7-12(14)17/h1-7H,8H2. The van der Waals surface area contributed by atoms with Crippen LogP contribution in [0, 0.1) is 11.6 Å². The number of rotatable bonds is 4. The smallest absolute Gasteiger partial charge is 0.175 e. The molecule has 1 atom stereocenters. The summed E-state index contributed by atoms with van der Waals surface area (Å²) in [6, 6.07) is 8.89. The number of carbonyl (C=O) groups is 1. The van der Waals surface area contributed by atoms with Crippen molar-refractivity contribution in [2.75, 3.05) is 5.75 Å². The van der Waals surface area contributed by atoms with Crippen molar-refractivity contribution in [2.24, 2.45) is 0 Å². The van der Waals surface area contributed by atoms with E-state index < -0.39 is 28.2 Å². The highest BCUT2D eigenvalue weighted by atomic mass is 35.5. The minimum atomic E-state index is -1.87. The second kappa shape index (κ2) is 6.24. The molecule has 1 unspecified atom stereocenters. The second-order valence-electron chi connectivity index (χ2n) is 4.00. The third-order valence-electron chi connectivity index (χ3n) is 2.55. The number of halogens is 3. The summed E-state index contributed by atoms with van der Waals surface area (Å²) >= 11 is 5.76. The summed E-state index contributed by atoms with van der Waals surface area (Å²) in [6.45, 7) is 0. The molecule has 6 heteroatoms. The quantitative estimate of drug-likeness (QED) is 0.808. The molecule has 2 nitrogen and oxygen atoms in total. The maximum absolute atomic E-state index is 13.5. The van der Waals surface area contributed by atoms with Gasteiger partial charge in [0, 0.05) is 16.7 Å². The third kappa shape index (κ3) is 3.49. The highest BCUT2D eigenvalue weighted by molar-refractivity contribution is 7.85. The predicted octanol–water partition coefficient (Wildman–Crippen LogP) is 3.61. The Hall–Kier alpha value is -1.59. The number of carbonyl (C=O) groups excluding carboxylic acids is 1. The normalized spacial score (nSPS) is 12.2. The van der Waals surface area contributed by atoms with Crippen LogP contribution in [-0.4, -0.2) is 15.7 Å². The van der Waals surface area contributed by atoms with Crippen LogP contribution in [0.5, 0.6) is 0 Å². The van der Waals surface area contributed by atoms with Gasteiger partial charge in [-0.3, -0.25) is 9.00 Å². The van der Waals surface area contributed by atoms with E-state index in [1.54, 1.807) is 12.1 Å². The minimum absolute atomic E-state index is 0.193. The number of benzene rings is 2. The molecular formula is C14H9ClF2O2S. The number of Topliss-reactive ketones (excluding diaryl/α,β-unsaturated/α-hetero) is 1. The summed E-state index contributed by atoms with van der Waals surface area (Å²) in [5.74, 6) is -2.50. The zero-order valence-corrected chi connectivity index (χ0v) is 11.7. The molecule has 20 heavy (non-hydrogen) atoms. The molecule has 0 heterocycles. The summed E-state index contributed by atoms with van der Waals surface area (Å²) in [5, 5.41) is 0.384. The van der Waals surface area contributed by atoms with Gasteiger partial charge in [-0.2, -0.15) is 0 Å². The Balaban J connectivity index is 2.17. The first-order valence-electron chi connectivity index (χ1n) is 5.59. The van der Waals surface area contributed by atoms with E-state index in [1.807, 2.05) is 0 Å². The van der Waals surface area contributed by atoms with Crippen LogP contribution in [0.3, 0.4) is 0 Å². The lowest BCUT2D eigenvalue weighted by Gasteiger charge is -2.04. The van der Waals surface area contributed by atoms with Gasteiger partial charge in [0.25, 0.3) is 0 Å². The molecule has 0 spiro atoms. The molecule has 104 valence electrons. The van der Waals surface area contributed by atoms with Crippen molar-refractivity contribution in [1.82, 2.24) is 0 Å². The highest BCUT2D eigenvalue weighted by Gasteiger charge is 2.16. The van der Waals surface area contributed by atoms with Crippen LogP contribution >= 0.6 is 11.6 Å². The van der Waals surface area contributed by atoms with Crippen molar-refractivity contribution in [2.45, 2.75) is 4.90 Å². The second-order valence-corrected chi connectivity index (χ2v) is 5.85. The van der Waals surface area contributed by atoms with Crippen molar-refractivity contribution < 1.29 is 17.8 Å². The number of hydrogen-bond acceptors (Lipinski definition) is 2. The molecule has 0 aliphatic heterocycles. The van der Waals surface area contributed by atoms with E-state index in [0.29, 0.717) is 16.7 Å². The van der Waals surface area contributed by atoms with Gasteiger partial charge in [0.15, 0.2) is 5.78 Å². The minimum Gasteiger partial charge on any atom is -0.293 e. The lowest BCUT2D eigenvalue weighted by molar-refractivity contribution is 0.102. The average molecular weight is 315 g/mol. The molecule has 0 aliphatic rings. The van der Waals surface area contributed by atoms with E-state index in [1.165, 1.54) is 12.1 Å². The number of hydrogen-bond donors (Lipinski definition) is 0. The first-order chi connectivity index (χ1) is 9.47. The highest BCUT2D eigenvalue weighted by Crippen LogP contribution is 2.16. The fourth-order valence-corrected chi connectivity index (χ4v) is 2.85. The predicted molar refractivity (Wildman–Crippen MR) is 73.4 cm³/mol. The molecule has 2 rings (SSSR count). The van der Waals surface area contributed by atoms with Gasteiger partial charge < -0.3 is 0 Å². The largest absolute Gasteiger partial charge is 0.293 e. The molecule has 0 saturated heterocycles. The van der Waals surface area contributed by atoms with Gasteiger partial charge >= 0.3 is 0 Å². The van der Waals surface area contributed by atoms with Crippen LogP contribution < -0.4 is 0 Å². The van der Waals surface area contributed by atoms with E-state index in [4.69, 9.17) is 11.6 Å². The molecule has 0 N–H and O–H groups in total. The van der Waals surface area contributed by atoms with Crippen molar-refractivity contribution in [1.29, 1.82) is 0 Å². The lowest BCUT2D eigenvalue weighted by Crippen LogP contribution is -2.12. The molecule has 2 aromatic carbocycles. The van der Waals surface area contributed by atoms with Crippen molar-refractivity contribution in [3.05, 3.63) is 64.7 Å². The molecule has 2 aromatic rings. The Bertz CT molecular complexity index is 689. The molecule has 0 saturated carbocycles. The summed E-state index contributed by atoms with van der Waals surface area (Å²) in [5.41, 5.74) is 0.299. The SMILES string of the molecule is O=C(CS(=O)c1ccc(F)cc1F)c1cccc(Cl)c1. The van der Waals surface area contributed by atoms with E-state index in [2.05, 4.69) is 0 Å². The van der Waals surface area contributed by atoms with Gasteiger partial charge in [-0.1, -0.05) is 23.7 Å². The Morgan fingerprint density at radius 3 is 2.55 bits per heavy atom. The average Bonchev–Trinajstić information content (AvgIpc) is 2.38. The Labute approximate surface area is 121 Å². The molecule has 0 aliphatic carbocycles. The van der Waals surface area contributed by atoms with Crippen LogP contribution in [-0.2, 0) is 10.8 Å². The van der Waals surface area contributed by atoms with Gasteiger partial charge in [0.2, 0.25) is 0 Å². The fourth-order valence-electron chi connectivity index (χ4n) is 1.60. The van der Waals surface area contributed by atoms with E-state index in [9.17, 15) is 17.8 Å². The van der Waals surface area contributed by atoms with Gasteiger partial charge in [0.05, 0.1) is 21.4 Å². The van der Waals surface area contributed by atoms with Crippen LogP contribution in [0.4, 0.5) is 8.78 Å². The third-order valence-corrected chi connectivity index (χ3v) is 4.13. The molecular weight excluding hydrogens is 306 g/mol. The van der Waals surface area contributed by atoms with Gasteiger partial charge in [-0.15, -0.1) is 0 Å². The maximum atomic E-state index is 13.5. The zero-order chi connectivity index (χ0) is 14.7. The van der Waals surface area contributed by atoms with E-state index in [0.717, 1.165) is 12.1 Å². The summed E-state index contributed by atoms with van der Waals surface area (Å²) < 4.78 is 38.2. The van der Waals surface area contributed by atoms with Crippen molar-refractivity contribution in [3.8, 4) is 0 Å². The Morgan fingerprint density at radius 2 is 1.90 bits per heavy atom. The van der Waals surface area contributed by atoms with Gasteiger partial charge in [0.1, 0.15) is 11.6 Å². The first kappa shape index (κ1) is 14.8. The molecule has 0 fully saturated rings. The van der Waals surface area contributed by atoms with Crippen LogP contribution in [0.15, 0.2) is 47.4 Å². The van der Waals surface area contributed by atoms with Gasteiger partial charge in [-0.05, 0) is 24.3 Å². The lowest BCUT2D eigenvalue weighted by atomic mass is 10.1. The molecule has 0 bridgehead atoms. The summed E-state index contributed by atoms with van der Waals surface area (Å²) in [6.07, 6.45) is 0. The van der Waals surface area contributed by atoms with Crippen LogP contribution in [0.2, 0.25) is 5.02 Å². The summed E-state index contributed by atoms with van der Waals surface area (Å²) in [7, 11) is -1.87. The molecule has 0 amide bonds. The van der Waals surface area contributed by atoms with Crippen molar-refractivity contribution >= 4 is 28.2 Å². The Kier molecular flexibility index (Phi) is 4.62. The fraction of sp³-hybridized carbons (Fsp3) is 0.0714. The van der Waals surface area contributed by atoms with E-state index in [-0.39, 0.29) is 10.6 Å². The molecule has 0 aromatic heterocycles. The molecule has 0 radical (unpaired) electrons.